The van der Waals surface area contributed by atoms with Crippen LogP contribution in [0.5, 0.6) is 0 Å². The Morgan fingerprint density at radius 2 is 2.18 bits per heavy atom. The van der Waals surface area contributed by atoms with Crippen molar-refractivity contribution in [2.45, 2.75) is 10.8 Å². The summed E-state index contributed by atoms with van der Waals surface area (Å²) in [5.41, 5.74) is 3.22. The van der Waals surface area contributed by atoms with E-state index in [0.29, 0.717) is 27.4 Å². The molecule has 0 fully saturated rings. The maximum atomic E-state index is 11.8. The minimum Gasteiger partial charge on any atom is -0.478 e. The first-order chi connectivity index (χ1) is 10.6. The fourth-order valence-electron chi connectivity index (χ4n) is 2.71. The predicted molar refractivity (Wildman–Crippen MR) is 86.5 cm³/mol. The quantitative estimate of drug-likeness (QED) is 0.723. The van der Waals surface area contributed by atoms with E-state index in [0.717, 1.165) is 16.2 Å². The van der Waals surface area contributed by atoms with Gasteiger partial charge >= 0.3 is 5.97 Å². The van der Waals surface area contributed by atoms with E-state index in [4.69, 9.17) is 11.6 Å². The van der Waals surface area contributed by atoms with Gasteiger partial charge in [-0.05, 0) is 30.3 Å². The summed E-state index contributed by atoms with van der Waals surface area (Å²) in [7, 11) is 0. The Bertz CT molecular complexity index is 943. The van der Waals surface area contributed by atoms with E-state index in [9.17, 15) is 9.90 Å². The highest BCUT2D eigenvalue weighted by atomic mass is 35.5. The zero-order chi connectivity index (χ0) is 15.3. The largest absolute Gasteiger partial charge is 0.478 e. The molecule has 0 saturated carbocycles. The number of halogens is 1. The molecule has 0 spiro atoms. The molecule has 108 valence electrons. The van der Waals surface area contributed by atoms with Gasteiger partial charge in [-0.2, -0.15) is 0 Å². The summed E-state index contributed by atoms with van der Waals surface area (Å²) in [6.45, 7) is 0. The number of carboxylic acid groups (broad SMARTS) is 1. The number of hydrogen-bond acceptors (Lipinski definition) is 4. The summed E-state index contributed by atoms with van der Waals surface area (Å²) < 4.78 is 0. The monoisotopic (exact) mass is 328 g/mol. The zero-order valence-electron chi connectivity index (χ0n) is 11.2. The van der Waals surface area contributed by atoms with Crippen molar-refractivity contribution in [3.63, 3.8) is 0 Å². The molecular formula is C16H9ClN2O2S. The van der Waals surface area contributed by atoms with Crippen molar-refractivity contribution < 1.29 is 9.90 Å². The predicted octanol–water partition coefficient (Wildman–Crippen LogP) is 4.25. The molecule has 0 aliphatic carbocycles. The average molecular weight is 329 g/mol. The third kappa shape index (κ3) is 1.97. The third-order valence-corrected chi connectivity index (χ3v) is 4.91. The van der Waals surface area contributed by atoms with Crippen molar-refractivity contribution in [1.82, 2.24) is 9.97 Å². The van der Waals surface area contributed by atoms with E-state index in [1.165, 1.54) is 11.8 Å². The van der Waals surface area contributed by atoms with Gasteiger partial charge in [0.1, 0.15) is 5.03 Å². The number of aromatic carboxylic acids is 1. The first-order valence-electron chi connectivity index (χ1n) is 6.59. The van der Waals surface area contributed by atoms with Gasteiger partial charge < -0.3 is 5.11 Å². The van der Waals surface area contributed by atoms with E-state index in [2.05, 4.69) is 9.97 Å². The van der Waals surface area contributed by atoms with Gasteiger partial charge in [0, 0.05) is 33.5 Å². The maximum Gasteiger partial charge on any atom is 0.336 e. The number of fused-ring (bicyclic) bond motifs is 4. The summed E-state index contributed by atoms with van der Waals surface area (Å²) in [4.78, 5) is 20.8. The number of aromatic nitrogens is 2. The lowest BCUT2D eigenvalue weighted by molar-refractivity contribution is 0.0698. The van der Waals surface area contributed by atoms with Gasteiger partial charge in [0.2, 0.25) is 0 Å². The lowest BCUT2D eigenvalue weighted by Gasteiger charge is -2.20. The fraction of sp³-hybridized carbons (Fsp3) is 0.0625. The molecule has 1 aliphatic rings. The molecule has 1 aliphatic heterocycles. The number of carboxylic acids is 1. The van der Waals surface area contributed by atoms with Crippen molar-refractivity contribution >= 4 is 40.2 Å². The second-order valence-electron chi connectivity index (χ2n) is 4.93. The second kappa shape index (κ2) is 4.97. The molecule has 0 unspecified atom stereocenters. The van der Waals surface area contributed by atoms with Crippen LogP contribution < -0.4 is 0 Å². The van der Waals surface area contributed by atoms with E-state index >= 15 is 0 Å². The minimum absolute atomic E-state index is 0.282. The normalized spacial score (nSPS) is 12.8. The molecule has 2 aromatic heterocycles. The fourth-order valence-corrected chi connectivity index (χ4v) is 3.90. The smallest absolute Gasteiger partial charge is 0.336 e. The molecule has 6 heteroatoms. The number of pyridine rings is 2. The van der Waals surface area contributed by atoms with Gasteiger partial charge in [0.05, 0.1) is 16.8 Å². The van der Waals surface area contributed by atoms with Crippen LogP contribution in [0.25, 0.3) is 22.2 Å². The minimum atomic E-state index is -0.959. The van der Waals surface area contributed by atoms with Crippen LogP contribution in [0.4, 0.5) is 0 Å². The van der Waals surface area contributed by atoms with E-state index in [-0.39, 0.29) is 5.56 Å². The first kappa shape index (κ1) is 13.5. The Labute approximate surface area is 135 Å². The van der Waals surface area contributed by atoms with E-state index < -0.39 is 5.97 Å². The molecule has 3 aromatic rings. The lowest BCUT2D eigenvalue weighted by Crippen LogP contribution is -2.10. The molecule has 0 atom stereocenters. The third-order valence-electron chi connectivity index (χ3n) is 3.64. The highest BCUT2D eigenvalue weighted by Crippen LogP contribution is 2.42. The van der Waals surface area contributed by atoms with E-state index in [1.807, 2.05) is 12.1 Å². The molecule has 4 rings (SSSR count). The van der Waals surface area contributed by atoms with Crippen molar-refractivity contribution in [3.05, 3.63) is 52.7 Å². The molecule has 0 bridgehead atoms. The molecule has 0 amide bonds. The van der Waals surface area contributed by atoms with Gasteiger partial charge in [0.15, 0.2) is 0 Å². The highest BCUT2D eigenvalue weighted by Gasteiger charge is 2.26. The summed E-state index contributed by atoms with van der Waals surface area (Å²) >= 11 is 7.55. The Morgan fingerprint density at radius 3 is 3.00 bits per heavy atom. The van der Waals surface area contributed by atoms with E-state index in [1.54, 1.807) is 24.4 Å². The summed E-state index contributed by atoms with van der Waals surface area (Å²) in [6, 6.07) is 8.90. The van der Waals surface area contributed by atoms with Gasteiger partial charge in [-0.3, -0.25) is 0 Å². The summed E-state index contributed by atoms with van der Waals surface area (Å²) in [6.07, 6.45) is 1.73. The van der Waals surface area contributed by atoms with Crippen LogP contribution in [0.15, 0.2) is 41.6 Å². The van der Waals surface area contributed by atoms with Crippen molar-refractivity contribution in [2.75, 3.05) is 0 Å². The van der Waals surface area contributed by atoms with Crippen LogP contribution in [-0.4, -0.2) is 21.0 Å². The van der Waals surface area contributed by atoms with Crippen LogP contribution in [0.1, 0.15) is 15.9 Å². The molecule has 3 heterocycles. The first-order valence-corrected chi connectivity index (χ1v) is 7.95. The molecule has 1 N–H and O–H groups in total. The SMILES string of the molecule is O=C(O)c1c2c(nc3ccc(Cl)cc13)-c1cccnc1SC2. The van der Waals surface area contributed by atoms with Crippen LogP contribution in [0.3, 0.4) is 0 Å². The number of rotatable bonds is 1. The number of nitrogens with zero attached hydrogens (tertiary/aromatic N) is 2. The second-order valence-corrected chi connectivity index (χ2v) is 6.33. The summed E-state index contributed by atoms with van der Waals surface area (Å²) in [5, 5.41) is 11.6. The molecule has 0 saturated heterocycles. The Kier molecular flexibility index (Phi) is 3.06. The molecule has 0 radical (unpaired) electrons. The Hall–Kier alpha value is -2.11. The van der Waals surface area contributed by atoms with Crippen molar-refractivity contribution in [2.24, 2.45) is 0 Å². The van der Waals surface area contributed by atoms with Crippen molar-refractivity contribution in [1.29, 1.82) is 0 Å². The van der Waals surface area contributed by atoms with Gasteiger partial charge in [-0.15, -0.1) is 11.8 Å². The highest BCUT2D eigenvalue weighted by molar-refractivity contribution is 7.98. The van der Waals surface area contributed by atoms with Crippen LogP contribution in [-0.2, 0) is 5.75 Å². The van der Waals surface area contributed by atoms with Crippen molar-refractivity contribution in [3.8, 4) is 11.3 Å². The van der Waals surface area contributed by atoms with Gasteiger partial charge in [-0.1, -0.05) is 11.6 Å². The Balaban J connectivity index is 2.14. The van der Waals surface area contributed by atoms with Crippen LogP contribution in [0, 0.1) is 0 Å². The molecular weight excluding hydrogens is 320 g/mol. The summed E-state index contributed by atoms with van der Waals surface area (Å²) in [5.74, 6) is -0.421. The molecule has 22 heavy (non-hydrogen) atoms. The number of thioether (sulfide) groups is 1. The van der Waals surface area contributed by atoms with Crippen LogP contribution in [0.2, 0.25) is 5.02 Å². The number of benzene rings is 1. The number of hydrogen-bond donors (Lipinski definition) is 1. The average Bonchev–Trinajstić information content (AvgIpc) is 2.52. The van der Waals surface area contributed by atoms with Crippen LogP contribution >= 0.6 is 23.4 Å². The maximum absolute atomic E-state index is 11.8. The molecule has 4 nitrogen and oxygen atoms in total. The topological polar surface area (TPSA) is 63.1 Å². The van der Waals surface area contributed by atoms with Gasteiger partial charge in [-0.25, -0.2) is 14.8 Å². The zero-order valence-corrected chi connectivity index (χ0v) is 12.8. The lowest BCUT2D eigenvalue weighted by atomic mass is 9.98. The molecule has 1 aromatic carbocycles. The Morgan fingerprint density at radius 1 is 1.32 bits per heavy atom. The van der Waals surface area contributed by atoms with Gasteiger partial charge in [0.25, 0.3) is 0 Å². The number of carbonyl (C=O) groups is 1. The standard InChI is InChI=1S/C16H9ClN2O2S/c17-8-3-4-12-10(6-8)13(16(20)21)11-7-22-15-9(14(11)19-12)2-1-5-18-15/h1-6H,7H2,(H,20,21).